The molecule has 1 N–H and O–H groups in total. The minimum Gasteiger partial charge on any atom is -0.497 e. The molecule has 0 aromatic heterocycles. The molecule has 1 amide bonds. The van der Waals surface area contributed by atoms with Crippen molar-refractivity contribution in [2.75, 3.05) is 36.6 Å². The van der Waals surface area contributed by atoms with Gasteiger partial charge in [0.25, 0.3) is 0 Å². The molecule has 0 aliphatic rings. The van der Waals surface area contributed by atoms with Gasteiger partial charge in [0.15, 0.2) is 0 Å². The number of hydrogen-bond acceptors (Lipinski definition) is 5. The van der Waals surface area contributed by atoms with E-state index in [2.05, 4.69) is 5.32 Å². The van der Waals surface area contributed by atoms with Crippen molar-refractivity contribution in [3.8, 4) is 5.75 Å². The first-order valence-electron chi connectivity index (χ1n) is 7.83. The zero-order valence-corrected chi connectivity index (χ0v) is 15.7. The number of carbonyl (C=O) groups is 1. The number of ether oxygens (including phenoxy) is 2. The quantitative estimate of drug-likeness (QED) is 0.762. The Balaban J connectivity index is 2.15. The lowest BCUT2D eigenvalue weighted by Crippen LogP contribution is -2.37. The Bertz CT molecular complexity index is 850. The fourth-order valence-corrected chi connectivity index (χ4v) is 3.24. The third-order valence-corrected chi connectivity index (χ3v) is 4.71. The van der Waals surface area contributed by atoms with Crippen LogP contribution in [0, 0.1) is 0 Å². The van der Waals surface area contributed by atoms with Crippen LogP contribution in [0.5, 0.6) is 5.75 Å². The van der Waals surface area contributed by atoms with Crippen molar-refractivity contribution in [1.29, 1.82) is 0 Å². The highest BCUT2D eigenvalue weighted by Crippen LogP contribution is 2.21. The summed E-state index contributed by atoms with van der Waals surface area (Å²) in [4.78, 5) is 12.4. The van der Waals surface area contributed by atoms with E-state index < -0.39 is 15.9 Å². The Labute approximate surface area is 153 Å². The number of benzene rings is 2. The molecule has 2 aromatic rings. The molecule has 0 heterocycles. The summed E-state index contributed by atoms with van der Waals surface area (Å²) in [5, 5.41) is 2.71. The second-order valence-electron chi connectivity index (χ2n) is 5.65. The predicted octanol–water partition coefficient (Wildman–Crippen LogP) is 2.25. The normalized spacial score (nSPS) is 11.0. The fourth-order valence-electron chi connectivity index (χ4n) is 2.38. The van der Waals surface area contributed by atoms with Crippen LogP contribution in [0.2, 0.25) is 0 Å². The number of anilines is 2. The van der Waals surface area contributed by atoms with Gasteiger partial charge in [0.1, 0.15) is 12.3 Å². The van der Waals surface area contributed by atoms with E-state index in [9.17, 15) is 13.2 Å². The van der Waals surface area contributed by atoms with Gasteiger partial charge in [-0.15, -0.1) is 0 Å². The SMILES string of the molecule is COCc1cccc(NC(=O)CN(c2ccc(OC)cc2)S(C)(=O)=O)c1. The second-order valence-corrected chi connectivity index (χ2v) is 7.56. The number of hydrogen-bond donors (Lipinski definition) is 1. The lowest BCUT2D eigenvalue weighted by molar-refractivity contribution is -0.114. The highest BCUT2D eigenvalue weighted by Gasteiger charge is 2.21. The third-order valence-electron chi connectivity index (χ3n) is 3.57. The van der Waals surface area contributed by atoms with Crippen molar-refractivity contribution in [1.82, 2.24) is 0 Å². The lowest BCUT2D eigenvalue weighted by atomic mass is 10.2. The van der Waals surface area contributed by atoms with Crippen LogP contribution in [0.3, 0.4) is 0 Å². The molecule has 0 atom stereocenters. The smallest absolute Gasteiger partial charge is 0.245 e. The number of methoxy groups -OCH3 is 2. The molecule has 140 valence electrons. The summed E-state index contributed by atoms with van der Waals surface area (Å²) in [6.07, 6.45) is 1.06. The summed E-state index contributed by atoms with van der Waals surface area (Å²) < 4.78 is 35.4. The molecule has 0 aliphatic heterocycles. The van der Waals surface area contributed by atoms with Crippen LogP contribution >= 0.6 is 0 Å². The van der Waals surface area contributed by atoms with Gasteiger partial charge in [0.05, 0.1) is 25.7 Å². The Kier molecular flexibility index (Phi) is 6.59. The number of rotatable bonds is 8. The molecule has 2 rings (SSSR count). The Morgan fingerprint density at radius 3 is 2.38 bits per heavy atom. The zero-order valence-electron chi connectivity index (χ0n) is 14.9. The van der Waals surface area contributed by atoms with E-state index in [1.54, 1.807) is 49.6 Å². The molecule has 8 heteroatoms. The minimum atomic E-state index is -3.63. The highest BCUT2D eigenvalue weighted by molar-refractivity contribution is 7.92. The predicted molar refractivity (Wildman–Crippen MR) is 101 cm³/mol. The maximum Gasteiger partial charge on any atom is 0.245 e. The highest BCUT2D eigenvalue weighted by atomic mass is 32.2. The van der Waals surface area contributed by atoms with Gasteiger partial charge in [-0.2, -0.15) is 0 Å². The van der Waals surface area contributed by atoms with Crippen molar-refractivity contribution in [2.24, 2.45) is 0 Å². The maximum atomic E-state index is 12.4. The molecule has 0 unspecified atom stereocenters. The molecule has 7 nitrogen and oxygen atoms in total. The number of amides is 1. The van der Waals surface area contributed by atoms with Crippen molar-refractivity contribution in [3.05, 3.63) is 54.1 Å². The molecule has 0 bridgehead atoms. The van der Waals surface area contributed by atoms with Gasteiger partial charge in [-0.25, -0.2) is 8.42 Å². The summed E-state index contributed by atoms with van der Waals surface area (Å²) in [6, 6.07) is 13.6. The molecule has 0 saturated carbocycles. The first kappa shape index (κ1) is 19.7. The largest absolute Gasteiger partial charge is 0.497 e. The van der Waals surface area contributed by atoms with E-state index in [0.717, 1.165) is 16.1 Å². The van der Waals surface area contributed by atoms with Gasteiger partial charge < -0.3 is 14.8 Å². The standard InChI is InChI=1S/C18H22N2O5S/c1-24-13-14-5-4-6-15(11-14)19-18(21)12-20(26(3,22)23)16-7-9-17(25-2)10-8-16/h4-11H,12-13H2,1-3H3,(H,19,21). The van der Waals surface area contributed by atoms with E-state index in [1.807, 2.05) is 6.07 Å². The van der Waals surface area contributed by atoms with E-state index in [0.29, 0.717) is 23.7 Å². The minimum absolute atomic E-state index is 0.334. The monoisotopic (exact) mass is 378 g/mol. The maximum absolute atomic E-state index is 12.4. The van der Waals surface area contributed by atoms with Crippen LogP contribution < -0.4 is 14.4 Å². The molecule has 2 aromatic carbocycles. The first-order valence-corrected chi connectivity index (χ1v) is 9.68. The van der Waals surface area contributed by atoms with E-state index in [4.69, 9.17) is 9.47 Å². The lowest BCUT2D eigenvalue weighted by Gasteiger charge is -2.22. The molecule has 0 aliphatic carbocycles. The number of sulfonamides is 1. The van der Waals surface area contributed by atoms with E-state index in [-0.39, 0.29) is 6.54 Å². The molecular formula is C18H22N2O5S. The Morgan fingerprint density at radius 2 is 1.81 bits per heavy atom. The van der Waals surface area contributed by atoms with Crippen LogP contribution in [-0.2, 0) is 26.2 Å². The molecule has 0 fully saturated rings. The first-order chi connectivity index (χ1) is 12.3. The van der Waals surface area contributed by atoms with Crippen molar-refractivity contribution in [3.63, 3.8) is 0 Å². The van der Waals surface area contributed by atoms with Crippen molar-refractivity contribution in [2.45, 2.75) is 6.61 Å². The molecule has 0 spiro atoms. The van der Waals surface area contributed by atoms with Crippen LogP contribution in [0.25, 0.3) is 0 Å². The van der Waals surface area contributed by atoms with Crippen LogP contribution in [0.1, 0.15) is 5.56 Å². The van der Waals surface area contributed by atoms with Crippen LogP contribution in [-0.4, -0.2) is 41.3 Å². The fraction of sp³-hybridized carbons (Fsp3) is 0.278. The van der Waals surface area contributed by atoms with Crippen molar-refractivity contribution < 1.29 is 22.7 Å². The number of carbonyl (C=O) groups excluding carboxylic acids is 1. The van der Waals surface area contributed by atoms with Gasteiger partial charge in [0.2, 0.25) is 15.9 Å². The Hall–Kier alpha value is -2.58. The molecule has 0 saturated heterocycles. The third kappa shape index (κ3) is 5.47. The summed E-state index contributed by atoms with van der Waals surface area (Å²) in [7, 11) is -0.520. The topological polar surface area (TPSA) is 84.9 Å². The average Bonchev–Trinajstić information content (AvgIpc) is 2.59. The van der Waals surface area contributed by atoms with E-state index in [1.165, 1.54) is 7.11 Å². The molecule has 0 radical (unpaired) electrons. The summed E-state index contributed by atoms with van der Waals surface area (Å²) in [5.41, 5.74) is 1.87. The van der Waals surface area contributed by atoms with E-state index >= 15 is 0 Å². The molecular weight excluding hydrogens is 356 g/mol. The van der Waals surface area contributed by atoms with Gasteiger partial charge in [0, 0.05) is 12.8 Å². The van der Waals surface area contributed by atoms with Gasteiger partial charge in [-0.05, 0) is 42.0 Å². The van der Waals surface area contributed by atoms with Gasteiger partial charge >= 0.3 is 0 Å². The average molecular weight is 378 g/mol. The summed E-state index contributed by atoms with van der Waals surface area (Å²) in [6.45, 7) is 0.0880. The van der Waals surface area contributed by atoms with Crippen LogP contribution in [0.15, 0.2) is 48.5 Å². The Morgan fingerprint density at radius 1 is 1.12 bits per heavy atom. The second kappa shape index (κ2) is 8.68. The van der Waals surface area contributed by atoms with Crippen LogP contribution in [0.4, 0.5) is 11.4 Å². The zero-order chi connectivity index (χ0) is 19.2. The van der Waals surface area contributed by atoms with Gasteiger partial charge in [-0.1, -0.05) is 12.1 Å². The summed E-state index contributed by atoms with van der Waals surface area (Å²) in [5.74, 6) is 0.155. The number of nitrogens with one attached hydrogen (secondary N) is 1. The summed E-state index contributed by atoms with van der Waals surface area (Å²) >= 11 is 0. The number of nitrogens with zero attached hydrogens (tertiary/aromatic N) is 1. The molecule has 26 heavy (non-hydrogen) atoms. The van der Waals surface area contributed by atoms with Crippen molar-refractivity contribution >= 4 is 27.3 Å². The van der Waals surface area contributed by atoms with Gasteiger partial charge in [-0.3, -0.25) is 9.10 Å².